The number of nitrogens with one attached hydrogen (secondary N) is 1. The molecule has 1 N–H and O–H groups in total. The molecule has 0 spiro atoms. The van der Waals surface area contributed by atoms with Crippen molar-refractivity contribution in [1.29, 1.82) is 0 Å². The second-order valence-electron chi connectivity index (χ2n) is 7.14. The normalized spacial score (nSPS) is 19.1. The summed E-state index contributed by atoms with van der Waals surface area (Å²) in [6.45, 7) is 7.38. The Balaban J connectivity index is 2.17. The van der Waals surface area contributed by atoms with Crippen molar-refractivity contribution in [2.45, 2.75) is 63.8 Å². The zero-order valence-electron chi connectivity index (χ0n) is 15.5. The van der Waals surface area contributed by atoms with E-state index in [-0.39, 0.29) is 16.8 Å². The van der Waals surface area contributed by atoms with E-state index < -0.39 is 10.0 Å². The molecule has 1 aliphatic heterocycles. The van der Waals surface area contributed by atoms with Gasteiger partial charge < -0.3 is 5.32 Å². The minimum absolute atomic E-state index is 0.0577. The van der Waals surface area contributed by atoms with Crippen molar-refractivity contribution in [3.63, 3.8) is 0 Å². The van der Waals surface area contributed by atoms with Gasteiger partial charge in [-0.2, -0.15) is 4.31 Å². The lowest BCUT2D eigenvalue weighted by molar-refractivity contribution is 0.0952. The fourth-order valence-electron chi connectivity index (χ4n) is 3.21. The molecule has 1 aliphatic rings. The van der Waals surface area contributed by atoms with Gasteiger partial charge in [0.15, 0.2) is 0 Å². The fourth-order valence-corrected chi connectivity index (χ4v) is 5.02. The number of amides is 1. The smallest absolute Gasteiger partial charge is 0.251 e. The maximum absolute atomic E-state index is 13.0. The van der Waals surface area contributed by atoms with E-state index in [1.165, 1.54) is 6.07 Å². The van der Waals surface area contributed by atoms with Gasteiger partial charge in [-0.25, -0.2) is 8.42 Å². The molecule has 1 fully saturated rings. The molecule has 0 bridgehead atoms. The molecule has 25 heavy (non-hydrogen) atoms. The van der Waals surface area contributed by atoms with Crippen molar-refractivity contribution in [1.82, 2.24) is 9.62 Å². The van der Waals surface area contributed by atoms with Crippen molar-refractivity contribution in [3.8, 4) is 0 Å². The Bertz CT molecular complexity index is 686. The monoisotopic (exact) mass is 366 g/mol. The highest BCUT2D eigenvalue weighted by molar-refractivity contribution is 7.89. The molecule has 1 amide bonds. The summed E-state index contributed by atoms with van der Waals surface area (Å²) >= 11 is 0. The quantitative estimate of drug-likeness (QED) is 0.804. The van der Waals surface area contributed by atoms with Crippen molar-refractivity contribution >= 4 is 15.9 Å². The number of piperidine rings is 1. The number of rotatable bonds is 7. The van der Waals surface area contributed by atoms with Crippen LogP contribution in [0.4, 0.5) is 0 Å². The van der Waals surface area contributed by atoms with Gasteiger partial charge in [-0.1, -0.05) is 33.3 Å². The standard InChI is InChI=1S/C19H30N2O3S/c1-4-17-9-5-6-13-21(17)25(23,24)18-10-7-8-16(14-18)19(22)20-12-11-15(2)3/h7-8,10,14-15,17H,4-6,9,11-13H2,1-3H3,(H,20,22). The molecule has 1 aromatic carbocycles. The van der Waals surface area contributed by atoms with Crippen LogP contribution in [0.2, 0.25) is 0 Å². The number of hydrogen-bond acceptors (Lipinski definition) is 3. The first-order valence-electron chi connectivity index (χ1n) is 9.26. The predicted octanol–water partition coefficient (Wildman–Crippen LogP) is 3.42. The SMILES string of the molecule is CCC1CCCCN1S(=O)(=O)c1cccc(C(=O)NCCC(C)C)c1. The third-order valence-corrected chi connectivity index (χ3v) is 6.70. The van der Waals surface area contributed by atoms with E-state index in [1.807, 2.05) is 6.92 Å². The van der Waals surface area contributed by atoms with Gasteiger partial charge in [0.05, 0.1) is 4.90 Å². The highest BCUT2D eigenvalue weighted by Crippen LogP contribution is 2.27. The summed E-state index contributed by atoms with van der Waals surface area (Å²) < 4.78 is 27.7. The Morgan fingerprint density at radius 1 is 1.32 bits per heavy atom. The van der Waals surface area contributed by atoms with Crippen LogP contribution in [0, 0.1) is 5.92 Å². The Kier molecular flexibility index (Phi) is 7.02. The zero-order valence-corrected chi connectivity index (χ0v) is 16.3. The van der Waals surface area contributed by atoms with Gasteiger partial charge in [-0.05, 0) is 49.8 Å². The van der Waals surface area contributed by atoms with Gasteiger partial charge in [0.2, 0.25) is 10.0 Å². The van der Waals surface area contributed by atoms with Crippen LogP contribution in [0.3, 0.4) is 0 Å². The van der Waals surface area contributed by atoms with Crippen LogP contribution in [0.1, 0.15) is 63.2 Å². The topological polar surface area (TPSA) is 66.5 Å². The second kappa shape index (κ2) is 8.81. The molecule has 1 atom stereocenters. The lowest BCUT2D eigenvalue weighted by Gasteiger charge is -2.34. The van der Waals surface area contributed by atoms with Crippen LogP contribution >= 0.6 is 0 Å². The van der Waals surface area contributed by atoms with Crippen LogP contribution in [0.25, 0.3) is 0 Å². The highest BCUT2D eigenvalue weighted by atomic mass is 32.2. The highest BCUT2D eigenvalue weighted by Gasteiger charge is 2.32. The van der Waals surface area contributed by atoms with Crippen molar-refractivity contribution in [2.75, 3.05) is 13.1 Å². The Morgan fingerprint density at radius 2 is 2.08 bits per heavy atom. The van der Waals surface area contributed by atoms with Crippen LogP contribution in [-0.4, -0.2) is 37.8 Å². The van der Waals surface area contributed by atoms with E-state index in [9.17, 15) is 13.2 Å². The number of sulfonamides is 1. The van der Waals surface area contributed by atoms with E-state index in [1.54, 1.807) is 22.5 Å². The number of hydrogen-bond donors (Lipinski definition) is 1. The van der Waals surface area contributed by atoms with Gasteiger partial charge in [0.25, 0.3) is 5.91 Å². The largest absolute Gasteiger partial charge is 0.352 e. The summed E-state index contributed by atoms with van der Waals surface area (Å²) in [6, 6.07) is 6.46. The molecule has 140 valence electrons. The number of carbonyl (C=O) groups excluding carboxylic acids is 1. The third-order valence-electron chi connectivity index (χ3n) is 4.75. The minimum atomic E-state index is -3.56. The van der Waals surface area contributed by atoms with Crippen LogP contribution < -0.4 is 5.32 Å². The maximum Gasteiger partial charge on any atom is 0.251 e. The molecule has 1 unspecified atom stereocenters. The maximum atomic E-state index is 13.0. The molecule has 6 heteroatoms. The zero-order chi connectivity index (χ0) is 18.4. The van der Waals surface area contributed by atoms with E-state index in [2.05, 4.69) is 19.2 Å². The molecule has 5 nitrogen and oxygen atoms in total. The molecule has 1 heterocycles. The molecule has 2 rings (SSSR count). The van der Waals surface area contributed by atoms with Gasteiger partial charge in [-0.3, -0.25) is 4.79 Å². The first-order chi connectivity index (χ1) is 11.9. The van der Waals surface area contributed by atoms with Gasteiger partial charge in [0.1, 0.15) is 0 Å². The lowest BCUT2D eigenvalue weighted by Crippen LogP contribution is -2.43. The van der Waals surface area contributed by atoms with Crippen molar-refractivity contribution in [3.05, 3.63) is 29.8 Å². The lowest BCUT2D eigenvalue weighted by atomic mass is 10.0. The molecule has 1 saturated heterocycles. The Hall–Kier alpha value is -1.40. The first kappa shape index (κ1) is 19.9. The number of carbonyl (C=O) groups is 1. The van der Waals surface area contributed by atoms with Crippen molar-refractivity contribution < 1.29 is 13.2 Å². The molecular formula is C19H30N2O3S. The fraction of sp³-hybridized carbons (Fsp3) is 0.632. The summed E-state index contributed by atoms with van der Waals surface area (Å²) in [6.07, 6.45) is 4.59. The van der Waals surface area contributed by atoms with Gasteiger partial charge >= 0.3 is 0 Å². The average Bonchev–Trinajstić information content (AvgIpc) is 2.61. The van der Waals surface area contributed by atoms with E-state index in [0.717, 1.165) is 32.1 Å². The summed E-state index contributed by atoms with van der Waals surface area (Å²) in [5.41, 5.74) is 0.398. The molecule has 1 aromatic rings. The third kappa shape index (κ3) is 5.05. The summed E-state index contributed by atoms with van der Waals surface area (Å²) in [4.78, 5) is 12.5. The van der Waals surface area contributed by atoms with Crippen molar-refractivity contribution in [2.24, 2.45) is 5.92 Å². The average molecular weight is 367 g/mol. The van der Waals surface area contributed by atoms with Crippen LogP contribution in [0.15, 0.2) is 29.2 Å². The molecule has 0 radical (unpaired) electrons. The molecule has 0 aromatic heterocycles. The van der Waals surface area contributed by atoms with Gasteiger partial charge in [-0.15, -0.1) is 0 Å². The van der Waals surface area contributed by atoms with E-state index in [0.29, 0.717) is 24.6 Å². The van der Waals surface area contributed by atoms with Crippen LogP contribution in [-0.2, 0) is 10.0 Å². The second-order valence-corrected chi connectivity index (χ2v) is 9.03. The Labute approximate surface area is 151 Å². The Morgan fingerprint density at radius 3 is 2.76 bits per heavy atom. The number of nitrogens with zero attached hydrogens (tertiary/aromatic N) is 1. The van der Waals surface area contributed by atoms with Crippen LogP contribution in [0.5, 0.6) is 0 Å². The predicted molar refractivity (Wildman–Crippen MR) is 100 cm³/mol. The summed E-state index contributed by atoms with van der Waals surface area (Å²) in [5, 5.41) is 2.86. The minimum Gasteiger partial charge on any atom is -0.352 e. The first-order valence-corrected chi connectivity index (χ1v) is 10.7. The molecule has 0 saturated carbocycles. The van der Waals surface area contributed by atoms with Gasteiger partial charge in [0, 0.05) is 24.7 Å². The van der Waals surface area contributed by atoms with E-state index >= 15 is 0 Å². The van der Waals surface area contributed by atoms with E-state index in [4.69, 9.17) is 0 Å². The number of benzene rings is 1. The molecule has 0 aliphatic carbocycles. The summed E-state index contributed by atoms with van der Waals surface area (Å²) in [7, 11) is -3.56. The summed E-state index contributed by atoms with van der Waals surface area (Å²) in [5.74, 6) is 0.292. The molecular weight excluding hydrogens is 336 g/mol.